The summed E-state index contributed by atoms with van der Waals surface area (Å²) < 4.78 is 34.7. The summed E-state index contributed by atoms with van der Waals surface area (Å²) in [5.41, 5.74) is 2.71. The number of halogens is 2. The monoisotopic (exact) mass is 340 g/mol. The number of carbonyl (C=O) groups is 1. The van der Waals surface area contributed by atoms with E-state index in [9.17, 15) is 13.6 Å². The van der Waals surface area contributed by atoms with Crippen molar-refractivity contribution in [1.29, 1.82) is 0 Å². The number of aromatic nitrogens is 1. The first-order chi connectivity index (χ1) is 11.1. The minimum atomic E-state index is -2.87. The van der Waals surface area contributed by atoms with Gasteiger partial charge in [0.2, 0.25) is 0 Å². The maximum absolute atomic E-state index is 12.3. The first kappa shape index (κ1) is 15.8. The predicted molar refractivity (Wildman–Crippen MR) is 79.8 cm³/mol. The van der Waals surface area contributed by atoms with Gasteiger partial charge in [-0.2, -0.15) is 8.78 Å². The first-order valence-electron chi connectivity index (χ1n) is 6.97. The Morgan fingerprint density at radius 1 is 1.48 bits per heavy atom. The van der Waals surface area contributed by atoms with Crippen LogP contribution in [0.1, 0.15) is 22.2 Å². The lowest BCUT2D eigenvalue weighted by Crippen LogP contribution is -2.42. The molecular formula is C15H14F2N2O3S. The third-order valence-electron chi connectivity index (χ3n) is 3.46. The molecular weight excluding hydrogens is 326 g/mol. The normalized spacial score (nSPS) is 18.2. The molecule has 0 spiro atoms. The van der Waals surface area contributed by atoms with E-state index in [0.717, 1.165) is 0 Å². The van der Waals surface area contributed by atoms with E-state index >= 15 is 0 Å². The van der Waals surface area contributed by atoms with Crippen molar-refractivity contribution in [3.05, 3.63) is 46.4 Å². The molecule has 1 aliphatic rings. The summed E-state index contributed by atoms with van der Waals surface area (Å²) in [7, 11) is 0. The van der Waals surface area contributed by atoms with Crippen LogP contribution in [0.3, 0.4) is 0 Å². The summed E-state index contributed by atoms with van der Waals surface area (Å²) in [6.45, 7) is -1.69. The fourth-order valence-electron chi connectivity index (χ4n) is 2.41. The van der Waals surface area contributed by atoms with E-state index in [4.69, 9.17) is 4.74 Å². The van der Waals surface area contributed by atoms with E-state index in [1.807, 2.05) is 0 Å². The average Bonchev–Trinajstić information content (AvgIpc) is 3.08. The highest BCUT2D eigenvalue weighted by atomic mass is 32.1. The zero-order valence-corrected chi connectivity index (χ0v) is 12.8. The van der Waals surface area contributed by atoms with Crippen LogP contribution in [0.4, 0.5) is 8.78 Å². The molecule has 1 aromatic carbocycles. The number of amides is 1. The van der Waals surface area contributed by atoms with Crippen LogP contribution in [0.2, 0.25) is 0 Å². The Balaban J connectivity index is 1.72. The van der Waals surface area contributed by atoms with Crippen LogP contribution in [-0.2, 0) is 4.74 Å². The molecule has 0 N–H and O–H groups in total. The fourth-order valence-corrected chi connectivity index (χ4v) is 2.93. The third kappa shape index (κ3) is 3.83. The average molecular weight is 340 g/mol. The predicted octanol–water partition coefficient (Wildman–Crippen LogP) is 2.96. The van der Waals surface area contributed by atoms with Crippen LogP contribution in [0.15, 0.2) is 35.2 Å². The molecule has 122 valence electrons. The second-order valence-corrected chi connectivity index (χ2v) is 5.65. The lowest BCUT2D eigenvalue weighted by molar-refractivity contribution is -0.0504. The van der Waals surface area contributed by atoms with Crippen LogP contribution in [0, 0.1) is 0 Å². The molecule has 5 nitrogen and oxygen atoms in total. The van der Waals surface area contributed by atoms with Crippen LogP contribution in [0.25, 0.3) is 0 Å². The van der Waals surface area contributed by atoms with Gasteiger partial charge in [0.05, 0.1) is 18.7 Å². The number of benzene rings is 1. The largest absolute Gasteiger partial charge is 0.435 e. The molecule has 0 saturated carbocycles. The number of carbonyl (C=O) groups excluding carboxylic acids is 1. The second kappa shape index (κ2) is 7.01. The minimum absolute atomic E-state index is 0.0732. The molecule has 23 heavy (non-hydrogen) atoms. The maximum Gasteiger partial charge on any atom is 0.387 e. The van der Waals surface area contributed by atoms with Gasteiger partial charge in [-0.15, -0.1) is 11.3 Å². The van der Waals surface area contributed by atoms with Gasteiger partial charge >= 0.3 is 6.61 Å². The summed E-state index contributed by atoms with van der Waals surface area (Å²) in [4.78, 5) is 18.0. The van der Waals surface area contributed by atoms with E-state index in [0.29, 0.717) is 31.0 Å². The van der Waals surface area contributed by atoms with Crippen LogP contribution in [0.5, 0.6) is 5.75 Å². The molecule has 1 aliphatic heterocycles. The summed E-state index contributed by atoms with van der Waals surface area (Å²) in [5.74, 6) is -0.0800. The van der Waals surface area contributed by atoms with Gasteiger partial charge in [0.15, 0.2) is 0 Å². The maximum atomic E-state index is 12.3. The summed E-state index contributed by atoms with van der Waals surface area (Å²) in [5, 5.41) is 1.70. The van der Waals surface area contributed by atoms with Crippen molar-refractivity contribution in [1.82, 2.24) is 9.88 Å². The standard InChI is InChI=1S/C15H14F2N2O3S/c16-15(17)22-11-3-1-2-10(6-11)13-7-19(4-5-21-13)14(20)12-8-23-9-18-12/h1-3,6,8-9,13,15H,4-5,7H2/t13-/m0/s1. The van der Waals surface area contributed by atoms with Crippen molar-refractivity contribution in [3.63, 3.8) is 0 Å². The van der Waals surface area contributed by atoms with Crippen molar-refractivity contribution >= 4 is 17.2 Å². The topological polar surface area (TPSA) is 51.7 Å². The smallest absolute Gasteiger partial charge is 0.387 e. The molecule has 1 fully saturated rings. The number of morpholine rings is 1. The number of thiazole rings is 1. The highest BCUT2D eigenvalue weighted by Gasteiger charge is 2.27. The fraction of sp³-hybridized carbons (Fsp3) is 0.333. The van der Waals surface area contributed by atoms with Gasteiger partial charge in [-0.25, -0.2) is 4.98 Å². The zero-order valence-electron chi connectivity index (χ0n) is 12.0. The van der Waals surface area contributed by atoms with Crippen molar-refractivity contribution in [3.8, 4) is 5.75 Å². The van der Waals surface area contributed by atoms with Gasteiger partial charge in [0.1, 0.15) is 17.5 Å². The van der Waals surface area contributed by atoms with E-state index in [2.05, 4.69) is 9.72 Å². The molecule has 2 aromatic rings. The van der Waals surface area contributed by atoms with E-state index in [-0.39, 0.29) is 17.8 Å². The second-order valence-electron chi connectivity index (χ2n) is 4.94. The molecule has 1 atom stereocenters. The number of hydrogen-bond donors (Lipinski definition) is 0. The Hall–Kier alpha value is -2.06. The van der Waals surface area contributed by atoms with Crippen molar-refractivity contribution in [2.75, 3.05) is 19.7 Å². The third-order valence-corrected chi connectivity index (χ3v) is 4.05. The molecule has 0 bridgehead atoms. The Morgan fingerprint density at radius 2 is 2.35 bits per heavy atom. The quantitative estimate of drug-likeness (QED) is 0.859. The number of rotatable bonds is 4. The van der Waals surface area contributed by atoms with E-state index in [1.165, 1.54) is 23.5 Å². The highest BCUT2D eigenvalue weighted by Crippen LogP contribution is 2.26. The minimum Gasteiger partial charge on any atom is -0.435 e. The number of alkyl halides is 2. The van der Waals surface area contributed by atoms with Crippen molar-refractivity contribution in [2.45, 2.75) is 12.7 Å². The molecule has 1 aromatic heterocycles. The molecule has 0 radical (unpaired) electrons. The SMILES string of the molecule is O=C(c1cscn1)N1CCO[C@H](c2cccc(OC(F)F)c2)C1. The summed E-state index contributed by atoms with van der Waals surface area (Å²) in [6, 6.07) is 6.35. The molecule has 1 saturated heterocycles. The molecule has 2 heterocycles. The molecule has 8 heteroatoms. The summed E-state index contributed by atoms with van der Waals surface area (Å²) >= 11 is 1.36. The lowest BCUT2D eigenvalue weighted by Gasteiger charge is -2.33. The number of ether oxygens (including phenoxy) is 2. The molecule has 0 aliphatic carbocycles. The van der Waals surface area contributed by atoms with Gasteiger partial charge in [-0.3, -0.25) is 4.79 Å². The van der Waals surface area contributed by atoms with E-state index in [1.54, 1.807) is 27.9 Å². The van der Waals surface area contributed by atoms with Gasteiger partial charge in [0, 0.05) is 11.9 Å². The molecule has 0 unspecified atom stereocenters. The van der Waals surface area contributed by atoms with E-state index < -0.39 is 6.61 Å². The number of nitrogens with zero attached hydrogens (tertiary/aromatic N) is 2. The van der Waals surface area contributed by atoms with Crippen molar-refractivity contribution < 1.29 is 23.0 Å². The Morgan fingerprint density at radius 3 is 3.09 bits per heavy atom. The Labute approximate surface area is 135 Å². The zero-order chi connectivity index (χ0) is 16.2. The highest BCUT2D eigenvalue weighted by molar-refractivity contribution is 7.07. The van der Waals surface area contributed by atoms with Crippen molar-refractivity contribution in [2.24, 2.45) is 0 Å². The lowest BCUT2D eigenvalue weighted by atomic mass is 10.1. The van der Waals surface area contributed by atoms with Crippen LogP contribution < -0.4 is 4.74 Å². The number of hydrogen-bond acceptors (Lipinski definition) is 5. The Kier molecular flexibility index (Phi) is 4.82. The summed E-state index contributed by atoms with van der Waals surface area (Å²) in [6.07, 6.45) is -0.382. The van der Waals surface area contributed by atoms with Gasteiger partial charge in [-0.05, 0) is 17.7 Å². The Bertz CT molecular complexity index is 667. The van der Waals surface area contributed by atoms with Gasteiger partial charge in [-0.1, -0.05) is 12.1 Å². The van der Waals surface area contributed by atoms with Crippen LogP contribution >= 0.6 is 11.3 Å². The van der Waals surface area contributed by atoms with Gasteiger partial charge in [0.25, 0.3) is 5.91 Å². The van der Waals surface area contributed by atoms with Gasteiger partial charge < -0.3 is 14.4 Å². The van der Waals surface area contributed by atoms with Crippen LogP contribution in [-0.4, -0.2) is 42.1 Å². The first-order valence-corrected chi connectivity index (χ1v) is 7.91. The molecule has 3 rings (SSSR count). The molecule has 1 amide bonds.